The van der Waals surface area contributed by atoms with E-state index in [4.69, 9.17) is 10.5 Å². The topological polar surface area (TPSA) is 116 Å². The highest BCUT2D eigenvalue weighted by molar-refractivity contribution is 9.10. The molecule has 0 unspecified atom stereocenters. The van der Waals surface area contributed by atoms with Gasteiger partial charge in [-0.1, -0.05) is 6.07 Å². The number of rotatable bonds is 8. The molecule has 3 N–H and O–H groups in total. The van der Waals surface area contributed by atoms with Crippen LogP contribution in [-0.4, -0.2) is 37.4 Å². The molecule has 0 bridgehead atoms. The van der Waals surface area contributed by atoms with E-state index in [1.165, 1.54) is 6.07 Å². The third-order valence-electron chi connectivity index (χ3n) is 3.92. The van der Waals surface area contributed by atoms with Gasteiger partial charge >= 0.3 is 5.97 Å². The van der Waals surface area contributed by atoms with Gasteiger partial charge in [-0.3, -0.25) is 0 Å². The van der Waals surface area contributed by atoms with Crippen molar-refractivity contribution < 1.29 is 19.0 Å². The van der Waals surface area contributed by atoms with Crippen molar-refractivity contribution in [2.24, 2.45) is 0 Å². The summed E-state index contributed by atoms with van der Waals surface area (Å²) in [6.07, 6.45) is 2.95. The maximum Gasteiger partial charge on any atom is 0.339 e. The average Bonchev–Trinajstić information content (AvgIpc) is 3.12. The molecular formula is C18H17BrFN5O3. The molecule has 2 aromatic heterocycles. The summed E-state index contributed by atoms with van der Waals surface area (Å²) in [4.78, 5) is 15.5. The highest BCUT2D eigenvalue weighted by Crippen LogP contribution is 2.27. The highest BCUT2D eigenvalue weighted by atomic mass is 79.9. The van der Waals surface area contributed by atoms with Crippen LogP contribution >= 0.6 is 15.9 Å². The predicted molar refractivity (Wildman–Crippen MR) is 103 cm³/mol. The minimum atomic E-state index is -1.18. The minimum Gasteiger partial charge on any atom is -0.493 e. The van der Waals surface area contributed by atoms with Crippen LogP contribution in [0.3, 0.4) is 0 Å². The number of carboxylic acid groups (broad SMARTS) is 1. The molecule has 0 aliphatic rings. The summed E-state index contributed by atoms with van der Waals surface area (Å²) >= 11 is 2.97. The lowest BCUT2D eigenvalue weighted by Crippen LogP contribution is -2.07. The number of aromatic carboxylic acids is 1. The largest absolute Gasteiger partial charge is 0.493 e. The van der Waals surface area contributed by atoms with Gasteiger partial charge in [-0.25, -0.2) is 14.2 Å². The maximum atomic E-state index is 13.7. The van der Waals surface area contributed by atoms with Gasteiger partial charge in [0.05, 0.1) is 11.1 Å². The van der Waals surface area contributed by atoms with Crippen LogP contribution in [0.25, 0.3) is 11.5 Å². The Kier molecular flexibility index (Phi) is 6.19. The zero-order valence-electron chi connectivity index (χ0n) is 14.7. The number of aromatic nitrogens is 4. The number of anilines is 1. The molecule has 0 saturated heterocycles. The first-order valence-electron chi connectivity index (χ1n) is 8.41. The fraction of sp³-hybridized carbons (Fsp3) is 0.222. The standard InChI is InChI=1S/C18H17BrFN5O3/c19-12-8-11(18(26)27)15(9-13(12)20)28-7-2-1-6-25-10-22-24-17(25)14-4-3-5-16(21)23-14/h3-5,8-10H,1-2,6-7H2,(H2,21,23)(H,26,27). The smallest absolute Gasteiger partial charge is 0.339 e. The fourth-order valence-corrected chi connectivity index (χ4v) is 2.92. The van der Waals surface area contributed by atoms with Crippen molar-refractivity contribution in [2.75, 3.05) is 12.3 Å². The Morgan fingerprint density at radius 3 is 2.89 bits per heavy atom. The molecule has 0 aliphatic carbocycles. The van der Waals surface area contributed by atoms with Crippen LogP contribution in [0.5, 0.6) is 5.75 Å². The number of unbranched alkanes of at least 4 members (excludes halogenated alkanes) is 1. The lowest BCUT2D eigenvalue weighted by Gasteiger charge is -2.11. The molecule has 0 amide bonds. The van der Waals surface area contributed by atoms with Gasteiger partial charge in [0.2, 0.25) is 0 Å². The van der Waals surface area contributed by atoms with Crippen LogP contribution < -0.4 is 10.5 Å². The SMILES string of the molecule is Nc1cccc(-c2nncn2CCCCOc2cc(F)c(Br)cc2C(=O)O)n1. The number of halogens is 2. The van der Waals surface area contributed by atoms with Gasteiger partial charge in [0.25, 0.3) is 0 Å². The average molecular weight is 450 g/mol. The van der Waals surface area contributed by atoms with E-state index in [9.17, 15) is 14.3 Å². The van der Waals surface area contributed by atoms with Crippen molar-refractivity contribution in [3.8, 4) is 17.3 Å². The van der Waals surface area contributed by atoms with Gasteiger partial charge in [-0.2, -0.15) is 0 Å². The van der Waals surface area contributed by atoms with Crippen LogP contribution in [0, 0.1) is 5.82 Å². The molecule has 0 saturated carbocycles. The first kappa shape index (κ1) is 19.7. The summed E-state index contributed by atoms with van der Waals surface area (Å²) in [5.41, 5.74) is 6.24. The molecule has 28 heavy (non-hydrogen) atoms. The van der Waals surface area contributed by atoms with Crippen molar-refractivity contribution in [1.82, 2.24) is 19.7 Å². The molecule has 3 aromatic rings. The first-order chi connectivity index (χ1) is 13.5. The van der Waals surface area contributed by atoms with Crippen molar-refractivity contribution in [2.45, 2.75) is 19.4 Å². The number of hydrogen-bond acceptors (Lipinski definition) is 6. The predicted octanol–water partition coefficient (Wildman–Crippen LogP) is 3.38. The second-order valence-electron chi connectivity index (χ2n) is 5.92. The molecule has 10 heteroatoms. The number of nitrogens with zero attached hydrogens (tertiary/aromatic N) is 4. The number of carbonyl (C=O) groups is 1. The molecule has 1 aromatic carbocycles. The molecule has 0 radical (unpaired) electrons. The number of nitrogen functional groups attached to an aromatic ring is 1. The quantitative estimate of drug-likeness (QED) is 0.506. The van der Waals surface area contributed by atoms with Crippen LogP contribution in [-0.2, 0) is 6.54 Å². The van der Waals surface area contributed by atoms with Crippen molar-refractivity contribution in [1.29, 1.82) is 0 Å². The second-order valence-corrected chi connectivity index (χ2v) is 6.77. The van der Waals surface area contributed by atoms with Crippen LogP contribution in [0.4, 0.5) is 10.2 Å². The number of ether oxygens (including phenoxy) is 1. The Morgan fingerprint density at radius 1 is 1.32 bits per heavy atom. The van der Waals surface area contributed by atoms with Gasteiger partial charge in [0, 0.05) is 12.6 Å². The molecule has 146 valence electrons. The lowest BCUT2D eigenvalue weighted by molar-refractivity contribution is 0.0692. The normalized spacial score (nSPS) is 10.8. The monoisotopic (exact) mass is 449 g/mol. The van der Waals surface area contributed by atoms with E-state index in [2.05, 4.69) is 31.1 Å². The maximum absolute atomic E-state index is 13.7. The molecule has 0 atom stereocenters. The molecular weight excluding hydrogens is 433 g/mol. The summed E-state index contributed by atoms with van der Waals surface area (Å²) in [6, 6.07) is 7.54. The van der Waals surface area contributed by atoms with Crippen molar-refractivity contribution in [3.63, 3.8) is 0 Å². The van der Waals surface area contributed by atoms with Crippen LogP contribution in [0.15, 0.2) is 41.1 Å². The van der Waals surface area contributed by atoms with E-state index in [0.717, 1.165) is 12.5 Å². The second kappa shape index (κ2) is 8.79. The summed E-state index contributed by atoms with van der Waals surface area (Å²) in [7, 11) is 0. The number of aryl methyl sites for hydroxylation is 1. The molecule has 0 fully saturated rings. The Bertz CT molecular complexity index is 995. The van der Waals surface area contributed by atoms with E-state index >= 15 is 0 Å². The Hall–Kier alpha value is -3.01. The zero-order valence-corrected chi connectivity index (χ0v) is 16.3. The van der Waals surface area contributed by atoms with E-state index in [1.807, 2.05) is 4.57 Å². The number of hydrogen-bond donors (Lipinski definition) is 2. The van der Waals surface area contributed by atoms with Crippen LogP contribution in [0.2, 0.25) is 0 Å². The first-order valence-corrected chi connectivity index (χ1v) is 9.21. The molecule has 0 spiro atoms. The Morgan fingerprint density at radius 2 is 2.14 bits per heavy atom. The van der Waals surface area contributed by atoms with Gasteiger partial charge in [0.1, 0.15) is 35.0 Å². The number of pyridine rings is 1. The van der Waals surface area contributed by atoms with Gasteiger partial charge in [0.15, 0.2) is 5.82 Å². The number of benzene rings is 1. The summed E-state index contributed by atoms with van der Waals surface area (Å²) in [5.74, 6) is -0.752. The van der Waals surface area contributed by atoms with E-state index < -0.39 is 11.8 Å². The van der Waals surface area contributed by atoms with Gasteiger partial charge in [-0.15, -0.1) is 10.2 Å². The third-order valence-corrected chi connectivity index (χ3v) is 4.53. The lowest BCUT2D eigenvalue weighted by atomic mass is 10.2. The van der Waals surface area contributed by atoms with E-state index in [1.54, 1.807) is 24.5 Å². The highest BCUT2D eigenvalue weighted by Gasteiger charge is 2.15. The molecule has 3 rings (SSSR count). The van der Waals surface area contributed by atoms with Crippen LogP contribution in [0.1, 0.15) is 23.2 Å². The van der Waals surface area contributed by atoms with Crippen molar-refractivity contribution >= 4 is 27.7 Å². The van der Waals surface area contributed by atoms with Gasteiger partial charge in [-0.05, 0) is 47.0 Å². The van der Waals surface area contributed by atoms with E-state index in [0.29, 0.717) is 30.3 Å². The minimum absolute atomic E-state index is 0.00199. The number of carboxylic acids is 1. The number of nitrogens with two attached hydrogens (primary N) is 1. The molecule has 8 nitrogen and oxygen atoms in total. The third kappa shape index (κ3) is 4.63. The Balaban J connectivity index is 1.56. The summed E-state index contributed by atoms with van der Waals surface area (Å²) in [6.45, 7) is 0.859. The van der Waals surface area contributed by atoms with E-state index in [-0.39, 0.29) is 22.4 Å². The Labute approximate surface area is 168 Å². The summed E-state index contributed by atoms with van der Waals surface area (Å²) < 4.78 is 21.1. The fourth-order valence-electron chi connectivity index (χ4n) is 2.57. The molecule has 2 heterocycles. The zero-order chi connectivity index (χ0) is 20.1. The van der Waals surface area contributed by atoms with Crippen molar-refractivity contribution in [3.05, 3.63) is 52.5 Å². The van der Waals surface area contributed by atoms with Gasteiger partial charge < -0.3 is 20.1 Å². The summed E-state index contributed by atoms with van der Waals surface area (Å²) in [5, 5.41) is 17.2. The molecule has 0 aliphatic heterocycles.